The molecule has 2 nitrogen and oxygen atoms in total. The van der Waals surface area contributed by atoms with Crippen LogP contribution in [-0.4, -0.2) is 0 Å². The summed E-state index contributed by atoms with van der Waals surface area (Å²) in [6.45, 7) is 0. The van der Waals surface area contributed by atoms with E-state index in [-0.39, 0.29) is 11.1 Å². The fourth-order valence-corrected chi connectivity index (χ4v) is 1.97. The number of hydrogen-bond acceptors (Lipinski definition) is 2. The van der Waals surface area contributed by atoms with Crippen molar-refractivity contribution in [3.05, 3.63) is 70.2 Å². The van der Waals surface area contributed by atoms with E-state index in [0.29, 0.717) is 5.02 Å². The molecule has 0 aliphatic heterocycles. The lowest BCUT2D eigenvalue weighted by Crippen LogP contribution is -2.30. The number of nitrogens with two attached hydrogens (primary N) is 1. The van der Waals surface area contributed by atoms with Gasteiger partial charge in [-0.15, -0.1) is 0 Å². The summed E-state index contributed by atoms with van der Waals surface area (Å²) in [6.07, 6.45) is 0. The van der Waals surface area contributed by atoms with Crippen LogP contribution in [-0.2, 0) is 0 Å². The van der Waals surface area contributed by atoms with E-state index in [1.165, 1.54) is 24.3 Å². The molecule has 0 fully saturated rings. The van der Waals surface area contributed by atoms with Crippen LogP contribution in [0.5, 0.6) is 0 Å². The van der Waals surface area contributed by atoms with Crippen LogP contribution >= 0.6 is 11.6 Å². The second-order valence-corrected chi connectivity index (χ2v) is 4.22. The third-order valence-electron chi connectivity index (χ3n) is 2.65. The van der Waals surface area contributed by atoms with Crippen LogP contribution in [0.2, 0.25) is 5.02 Å². The Balaban J connectivity index is 2.52. The first-order valence-corrected chi connectivity index (χ1v) is 5.66. The Morgan fingerprint density at radius 3 is 2.33 bits per heavy atom. The molecule has 1 unspecified atom stereocenters. The molecular weight excluding hydrogens is 258 g/mol. The molecule has 0 aliphatic carbocycles. The van der Waals surface area contributed by atoms with Gasteiger partial charge in [0, 0.05) is 16.1 Å². The maximum atomic E-state index is 13.7. The lowest BCUT2D eigenvalue weighted by Gasteiger charge is -2.18. The molecule has 5 heteroatoms. The van der Waals surface area contributed by atoms with Crippen molar-refractivity contribution in [2.75, 3.05) is 0 Å². The molecule has 0 aromatic heterocycles. The smallest absolute Gasteiger partial charge is 0.128 e. The molecule has 0 saturated heterocycles. The average molecular weight is 269 g/mol. The third kappa shape index (κ3) is 2.51. The van der Waals surface area contributed by atoms with Crippen molar-refractivity contribution in [3.8, 4) is 0 Å². The highest BCUT2D eigenvalue weighted by atomic mass is 35.5. The summed E-state index contributed by atoms with van der Waals surface area (Å²) in [7, 11) is 0. The number of hydrogen-bond donors (Lipinski definition) is 2. The van der Waals surface area contributed by atoms with Crippen LogP contribution in [0.15, 0.2) is 42.5 Å². The van der Waals surface area contributed by atoms with Crippen LogP contribution in [0.4, 0.5) is 8.78 Å². The van der Waals surface area contributed by atoms with E-state index in [4.69, 9.17) is 17.4 Å². The Labute approximate surface area is 108 Å². The molecule has 0 bridgehead atoms. The topological polar surface area (TPSA) is 38.0 Å². The maximum absolute atomic E-state index is 13.7. The monoisotopic (exact) mass is 268 g/mol. The minimum Gasteiger partial charge on any atom is -0.271 e. The van der Waals surface area contributed by atoms with E-state index >= 15 is 0 Å². The van der Waals surface area contributed by atoms with Crippen molar-refractivity contribution in [3.63, 3.8) is 0 Å². The first-order valence-electron chi connectivity index (χ1n) is 5.29. The van der Waals surface area contributed by atoms with Gasteiger partial charge in [-0.3, -0.25) is 5.84 Å². The highest BCUT2D eigenvalue weighted by Crippen LogP contribution is 2.27. The van der Waals surface area contributed by atoms with Crippen LogP contribution in [0.25, 0.3) is 0 Å². The van der Waals surface area contributed by atoms with Crippen LogP contribution < -0.4 is 11.3 Å². The summed E-state index contributed by atoms with van der Waals surface area (Å²) in [5.41, 5.74) is 2.87. The molecule has 0 spiro atoms. The van der Waals surface area contributed by atoms with Gasteiger partial charge in [0.05, 0.1) is 6.04 Å². The largest absolute Gasteiger partial charge is 0.271 e. The molecule has 2 aromatic rings. The summed E-state index contributed by atoms with van der Waals surface area (Å²) in [4.78, 5) is 0. The van der Waals surface area contributed by atoms with E-state index in [2.05, 4.69) is 5.43 Å². The van der Waals surface area contributed by atoms with E-state index in [0.717, 1.165) is 0 Å². The number of halogens is 3. The van der Waals surface area contributed by atoms with Gasteiger partial charge in [0.1, 0.15) is 11.6 Å². The van der Waals surface area contributed by atoms with E-state index in [9.17, 15) is 8.78 Å². The van der Waals surface area contributed by atoms with E-state index < -0.39 is 17.7 Å². The standard InChI is InChI=1S/C13H11ClF2N2/c14-8-5-6-12(16)10(7-8)13(18-17)9-3-1-2-4-11(9)15/h1-7,13,18H,17H2. The van der Waals surface area contributed by atoms with E-state index in [1.54, 1.807) is 18.2 Å². The summed E-state index contributed by atoms with van der Waals surface area (Å²) >= 11 is 5.82. The molecule has 0 radical (unpaired) electrons. The van der Waals surface area contributed by atoms with Crippen molar-refractivity contribution in [1.82, 2.24) is 5.43 Å². The van der Waals surface area contributed by atoms with Crippen LogP contribution in [0.1, 0.15) is 17.2 Å². The highest BCUT2D eigenvalue weighted by molar-refractivity contribution is 6.30. The summed E-state index contributed by atoms with van der Waals surface area (Å²) in [5, 5.41) is 0.364. The van der Waals surface area contributed by atoms with Gasteiger partial charge in [0.2, 0.25) is 0 Å². The Hall–Kier alpha value is -1.49. The average Bonchev–Trinajstić information content (AvgIpc) is 2.36. The Bertz CT molecular complexity index is 560. The Morgan fingerprint density at radius 2 is 1.67 bits per heavy atom. The van der Waals surface area contributed by atoms with Crippen molar-refractivity contribution >= 4 is 11.6 Å². The number of benzene rings is 2. The van der Waals surface area contributed by atoms with Gasteiger partial charge < -0.3 is 0 Å². The van der Waals surface area contributed by atoms with Gasteiger partial charge in [-0.2, -0.15) is 0 Å². The fraction of sp³-hybridized carbons (Fsp3) is 0.0769. The van der Waals surface area contributed by atoms with Gasteiger partial charge in [-0.1, -0.05) is 29.8 Å². The number of nitrogens with one attached hydrogen (secondary N) is 1. The second kappa shape index (κ2) is 5.44. The fourth-order valence-electron chi connectivity index (χ4n) is 1.79. The van der Waals surface area contributed by atoms with Crippen molar-refractivity contribution < 1.29 is 8.78 Å². The van der Waals surface area contributed by atoms with Gasteiger partial charge in [0.25, 0.3) is 0 Å². The van der Waals surface area contributed by atoms with Crippen molar-refractivity contribution in [2.24, 2.45) is 5.84 Å². The first-order chi connectivity index (χ1) is 8.63. The molecule has 2 aromatic carbocycles. The van der Waals surface area contributed by atoms with Crippen LogP contribution in [0.3, 0.4) is 0 Å². The molecule has 0 heterocycles. The minimum absolute atomic E-state index is 0.204. The van der Waals surface area contributed by atoms with Gasteiger partial charge >= 0.3 is 0 Å². The minimum atomic E-state index is -0.787. The highest BCUT2D eigenvalue weighted by Gasteiger charge is 2.19. The predicted octanol–water partition coefficient (Wildman–Crippen LogP) is 3.17. The molecule has 1 atom stereocenters. The van der Waals surface area contributed by atoms with Gasteiger partial charge in [0.15, 0.2) is 0 Å². The van der Waals surface area contributed by atoms with E-state index in [1.807, 2.05) is 0 Å². The molecule has 94 valence electrons. The number of hydrazine groups is 1. The van der Waals surface area contributed by atoms with Gasteiger partial charge in [-0.05, 0) is 24.3 Å². The zero-order valence-electron chi connectivity index (χ0n) is 9.33. The molecule has 18 heavy (non-hydrogen) atoms. The molecular formula is C13H11ClF2N2. The van der Waals surface area contributed by atoms with Crippen molar-refractivity contribution in [2.45, 2.75) is 6.04 Å². The quantitative estimate of drug-likeness (QED) is 0.663. The summed E-state index contributed by atoms with van der Waals surface area (Å²) < 4.78 is 27.4. The zero-order chi connectivity index (χ0) is 13.1. The lowest BCUT2D eigenvalue weighted by molar-refractivity contribution is 0.531. The Morgan fingerprint density at radius 1 is 1.00 bits per heavy atom. The summed E-state index contributed by atoms with van der Waals surface area (Å²) in [5.74, 6) is 4.44. The zero-order valence-corrected chi connectivity index (χ0v) is 10.1. The molecule has 0 amide bonds. The molecule has 3 N–H and O–H groups in total. The SMILES string of the molecule is NNC(c1ccccc1F)c1cc(Cl)ccc1F. The Kier molecular flexibility index (Phi) is 3.91. The second-order valence-electron chi connectivity index (χ2n) is 3.79. The molecule has 2 rings (SSSR count). The summed E-state index contributed by atoms with van der Waals surface area (Å²) in [6, 6.07) is 9.34. The normalized spacial score (nSPS) is 12.4. The van der Waals surface area contributed by atoms with Crippen molar-refractivity contribution in [1.29, 1.82) is 0 Å². The molecule has 0 aliphatic rings. The van der Waals surface area contributed by atoms with Gasteiger partial charge in [-0.25, -0.2) is 14.2 Å². The third-order valence-corrected chi connectivity index (χ3v) is 2.89. The number of rotatable bonds is 3. The predicted molar refractivity (Wildman–Crippen MR) is 67.0 cm³/mol. The lowest BCUT2D eigenvalue weighted by atomic mass is 9.98. The first kappa shape index (κ1) is 13.0. The van der Waals surface area contributed by atoms with Crippen LogP contribution in [0, 0.1) is 11.6 Å². The maximum Gasteiger partial charge on any atom is 0.128 e. The molecule has 0 saturated carbocycles.